The van der Waals surface area contributed by atoms with Crippen LogP contribution in [0.4, 0.5) is 4.39 Å². The third kappa shape index (κ3) is 4.80. The summed E-state index contributed by atoms with van der Waals surface area (Å²) in [5.41, 5.74) is -0.114. The Hall–Kier alpha value is -1.99. The van der Waals surface area contributed by atoms with Crippen LogP contribution in [-0.4, -0.2) is 41.8 Å². The molecule has 3 N–H and O–H groups in total. The van der Waals surface area contributed by atoms with Crippen molar-refractivity contribution in [3.8, 4) is 0 Å². The highest BCUT2D eigenvalue weighted by Crippen LogP contribution is 2.23. The third-order valence-electron chi connectivity index (χ3n) is 2.92. The first kappa shape index (κ1) is 17.1. The average Bonchev–Trinajstić information content (AvgIpc) is 2.45. The fraction of sp³-hybridized carbons (Fsp3) is 0.429. The van der Waals surface area contributed by atoms with Gasteiger partial charge in [0.1, 0.15) is 11.9 Å². The van der Waals surface area contributed by atoms with E-state index >= 15 is 0 Å². The van der Waals surface area contributed by atoms with E-state index in [4.69, 9.17) is 0 Å². The van der Waals surface area contributed by atoms with Gasteiger partial charge in [-0.25, -0.2) is 9.18 Å². The van der Waals surface area contributed by atoms with Gasteiger partial charge >= 0.3 is 5.97 Å². The number of nitrogens with one attached hydrogen (secondary N) is 1. The minimum absolute atomic E-state index is 0.0127. The number of carbonyl (C=O) groups excluding carboxylic acids is 2. The zero-order valence-electron chi connectivity index (χ0n) is 11.8. The van der Waals surface area contributed by atoms with Gasteiger partial charge in [0.15, 0.2) is 0 Å². The number of aliphatic hydroxyl groups is 2. The van der Waals surface area contributed by atoms with E-state index in [0.717, 1.165) is 6.07 Å². The van der Waals surface area contributed by atoms with Crippen LogP contribution in [0.3, 0.4) is 0 Å². The first-order chi connectivity index (χ1) is 9.86. The molecule has 1 amide bonds. The molecule has 0 aliphatic carbocycles. The molecule has 6 nitrogen and oxygen atoms in total. The van der Waals surface area contributed by atoms with Gasteiger partial charge in [-0.1, -0.05) is 6.07 Å². The molecule has 2 atom stereocenters. The van der Waals surface area contributed by atoms with Gasteiger partial charge in [0.05, 0.1) is 18.8 Å². The molecular formula is C14H18FNO5. The van der Waals surface area contributed by atoms with E-state index in [-0.39, 0.29) is 30.0 Å². The summed E-state index contributed by atoms with van der Waals surface area (Å²) in [6, 6.07) is 3.45. The van der Waals surface area contributed by atoms with E-state index in [1.54, 1.807) is 0 Å². The van der Waals surface area contributed by atoms with E-state index in [9.17, 15) is 24.2 Å². The Kier molecular flexibility index (Phi) is 6.26. The molecule has 0 radical (unpaired) electrons. The van der Waals surface area contributed by atoms with Crippen LogP contribution in [0.2, 0.25) is 0 Å². The van der Waals surface area contributed by atoms with Crippen LogP contribution in [0.15, 0.2) is 18.2 Å². The van der Waals surface area contributed by atoms with Crippen molar-refractivity contribution in [2.24, 2.45) is 0 Å². The molecule has 0 aliphatic heterocycles. The number of rotatable bonds is 6. The van der Waals surface area contributed by atoms with Crippen molar-refractivity contribution in [3.63, 3.8) is 0 Å². The Labute approximate surface area is 121 Å². The summed E-state index contributed by atoms with van der Waals surface area (Å²) in [6.07, 6.45) is -2.63. The number of carbonyl (C=O) groups is 2. The molecule has 0 spiro atoms. The molecular weight excluding hydrogens is 281 g/mol. The maximum Gasteiger partial charge on any atom is 0.337 e. The lowest BCUT2D eigenvalue weighted by Crippen LogP contribution is -2.28. The van der Waals surface area contributed by atoms with Gasteiger partial charge in [-0.05, 0) is 18.6 Å². The second-order valence-electron chi connectivity index (χ2n) is 4.51. The summed E-state index contributed by atoms with van der Waals surface area (Å²) in [5, 5.41) is 22.1. The standard InChI is InChI=1S/C14H18FNO5/c1-8(17)16-6-5-12(18)13(19)10-4-3-9(7-11(10)15)14(20)21-2/h3-4,7,12-13,18-19H,5-6H2,1-2H3,(H,16,17). The number of benzene rings is 1. The number of amides is 1. The van der Waals surface area contributed by atoms with E-state index in [1.165, 1.54) is 26.2 Å². The van der Waals surface area contributed by atoms with Crippen molar-refractivity contribution in [3.05, 3.63) is 35.1 Å². The van der Waals surface area contributed by atoms with Gasteiger partial charge in [-0.2, -0.15) is 0 Å². The highest BCUT2D eigenvalue weighted by molar-refractivity contribution is 5.89. The molecule has 0 aromatic heterocycles. The third-order valence-corrected chi connectivity index (χ3v) is 2.92. The van der Waals surface area contributed by atoms with Crippen LogP contribution in [-0.2, 0) is 9.53 Å². The molecule has 0 fully saturated rings. The maximum atomic E-state index is 13.9. The van der Waals surface area contributed by atoms with Gasteiger partial charge in [0, 0.05) is 19.0 Å². The van der Waals surface area contributed by atoms with Gasteiger partial charge in [0.25, 0.3) is 0 Å². The predicted molar refractivity (Wildman–Crippen MR) is 72.0 cm³/mol. The largest absolute Gasteiger partial charge is 0.465 e. The summed E-state index contributed by atoms with van der Waals surface area (Å²) in [6.45, 7) is 1.49. The summed E-state index contributed by atoms with van der Waals surface area (Å²) in [4.78, 5) is 21.9. The molecule has 0 aliphatic rings. The summed E-state index contributed by atoms with van der Waals surface area (Å²) in [7, 11) is 1.18. The van der Waals surface area contributed by atoms with Crippen LogP contribution in [0.5, 0.6) is 0 Å². The molecule has 1 aromatic carbocycles. The molecule has 116 valence electrons. The van der Waals surface area contributed by atoms with E-state index in [1.807, 2.05) is 0 Å². The number of hydrogen-bond acceptors (Lipinski definition) is 5. The van der Waals surface area contributed by atoms with Crippen molar-refractivity contribution >= 4 is 11.9 Å². The minimum Gasteiger partial charge on any atom is -0.465 e. The fourth-order valence-electron chi connectivity index (χ4n) is 1.77. The summed E-state index contributed by atoms with van der Waals surface area (Å²) in [5.74, 6) is -1.77. The number of halogens is 1. The molecule has 21 heavy (non-hydrogen) atoms. The SMILES string of the molecule is COC(=O)c1ccc(C(O)C(O)CCNC(C)=O)c(F)c1. The van der Waals surface area contributed by atoms with Gasteiger partial charge in [-0.15, -0.1) is 0 Å². The molecule has 0 saturated carbocycles. The zero-order chi connectivity index (χ0) is 16.0. The van der Waals surface area contributed by atoms with E-state index in [2.05, 4.69) is 10.1 Å². The highest BCUT2D eigenvalue weighted by Gasteiger charge is 2.22. The topological polar surface area (TPSA) is 95.9 Å². The van der Waals surface area contributed by atoms with Crippen molar-refractivity contribution < 1.29 is 28.9 Å². The Balaban J connectivity index is 2.75. The van der Waals surface area contributed by atoms with Crippen LogP contribution >= 0.6 is 0 Å². The minimum atomic E-state index is -1.45. The van der Waals surface area contributed by atoms with E-state index in [0.29, 0.717) is 0 Å². The Morgan fingerprint density at radius 2 is 2.05 bits per heavy atom. The second kappa shape index (κ2) is 7.70. The fourth-order valence-corrected chi connectivity index (χ4v) is 1.77. The zero-order valence-corrected chi connectivity index (χ0v) is 11.8. The Bertz CT molecular complexity index is 520. The van der Waals surface area contributed by atoms with Gasteiger partial charge in [-0.3, -0.25) is 4.79 Å². The van der Waals surface area contributed by atoms with Crippen LogP contribution in [0, 0.1) is 5.82 Å². The van der Waals surface area contributed by atoms with Crippen molar-refractivity contribution in [1.82, 2.24) is 5.32 Å². The lowest BCUT2D eigenvalue weighted by Gasteiger charge is -2.19. The molecule has 0 heterocycles. The Morgan fingerprint density at radius 3 is 2.57 bits per heavy atom. The van der Waals surface area contributed by atoms with Crippen LogP contribution in [0.1, 0.15) is 35.4 Å². The number of hydrogen-bond donors (Lipinski definition) is 3. The second-order valence-corrected chi connectivity index (χ2v) is 4.51. The summed E-state index contributed by atoms with van der Waals surface area (Å²) >= 11 is 0. The number of esters is 1. The van der Waals surface area contributed by atoms with Crippen molar-refractivity contribution in [2.45, 2.75) is 25.6 Å². The molecule has 0 saturated heterocycles. The maximum absolute atomic E-state index is 13.9. The predicted octanol–water partition coefficient (Wildman–Crippen LogP) is 0.533. The van der Waals surface area contributed by atoms with Gasteiger partial charge < -0.3 is 20.3 Å². The smallest absolute Gasteiger partial charge is 0.337 e. The van der Waals surface area contributed by atoms with Crippen LogP contribution in [0.25, 0.3) is 0 Å². The highest BCUT2D eigenvalue weighted by atomic mass is 19.1. The average molecular weight is 299 g/mol. The quantitative estimate of drug-likeness (QED) is 0.666. The normalized spacial score (nSPS) is 13.4. The lowest BCUT2D eigenvalue weighted by atomic mass is 10.00. The number of methoxy groups -OCH3 is 1. The molecule has 1 aromatic rings. The molecule has 2 unspecified atom stereocenters. The monoisotopic (exact) mass is 299 g/mol. The molecule has 1 rings (SSSR count). The molecule has 7 heteroatoms. The van der Waals surface area contributed by atoms with Gasteiger partial charge in [0.2, 0.25) is 5.91 Å². The first-order valence-corrected chi connectivity index (χ1v) is 6.35. The Morgan fingerprint density at radius 1 is 1.38 bits per heavy atom. The molecule has 0 bridgehead atoms. The van der Waals surface area contributed by atoms with Crippen LogP contribution < -0.4 is 5.32 Å². The lowest BCUT2D eigenvalue weighted by molar-refractivity contribution is -0.119. The number of ether oxygens (including phenoxy) is 1. The van der Waals surface area contributed by atoms with E-state index < -0.39 is 24.0 Å². The summed E-state index contributed by atoms with van der Waals surface area (Å²) < 4.78 is 18.3. The van der Waals surface area contributed by atoms with Crippen molar-refractivity contribution in [1.29, 1.82) is 0 Å². The van der Waals surface area contributed by atoms with Crippen molar-refractivity contribution in [2.75, 3.05) is 13.7 Å². The first-order valence-electron chi connectivity index (χ1n) is 6.35. The number of aliphatic hydroxyl groups excluding tert-OH is 2.